The number of likely N-dealkylation sites (tertiary alicyclic amines) is 1. The van der Waals surface area contributed by atoms with Gasteiger partial charge in [-0.25, -0.2) is 0 Å². The van der Waals surface area contributed by atoms with E-state index in [9.17, 15) is 4.79 Å². The first-order valence-electron chi connectivity index (χ1n) is 6.83. The van der Waals surface area contributed by atoms with E-state index in [4.69, 9.17) is 10.9 Å². The molecule has 0 aromatic heterocycles. The van der Waals surface area contributed by atoms with Crippen LogP contribution in [0.3, 0.4) is 0 Å². The number of piperidine rings is 1. The molecule has 2 rings (SSSR count). The molecular weight excluding hydrogens is 383 g/mol. The second-order valence-electron chi connectivity index (χ2n) is 5.12. The minimum Gasteiger partial charge on any atom is -0.409 e. The Hall–Kier alpha value is -1.35. The smallest absolute Gasteiger partial charge is 0.251 e. The lowest BCUT2D eigenvalue weighted by molar-refractivity contribution is 0.0914. The highest BCUT2D eigenvalue weighted by Crippen LogP contribution is 2.12. The molecule has 7 heteroatoms. The van der Waals surface area contributed by atoms with E-state index >= 15 is 0 Å². The number of amidine groups is 1. The highest BCUT2D eigenvalue weighted by Gasteiger charge is 2.21. The van der Waals surface area contributed by atoms with Crippen LogP contribution in [0.5, 0.6) is 0 Å². The number of oxime groups is 1. The maximum Gasteiger partial charge on any atom is 0.251 e. The molecule has 1 fully saturated rings. The summed E-state index contributed by atoms with van der Waals surface area (Å²) in [6.07, 6.45) is 1.74. The summed E-state index contributed by atoms with van der Waals surface area (Å²) < 4.78 is 1.11. The Bertz CT molecular complexity index is 510. The molecule has 0 spiro atoms. The van der Waals surface area contributed by atoms with Crippen molar-refractivity contribution in [3.63, 3.8) is 0 Å². The van der Waals surface area contributed by atoms with Crippen LogP contribution in [0.1, 0.15) is 23.2 Å². The van der Waals surface area contributed by atoms with E-state index in [1.807, 2.05) is 24.3 Å². The Kier molecular flexibility index (Phi) is 5.80. The third kappa shape index (κ3) is 4.85. The lowest BCUT2D eigenvalue weighted by Gasteiger charge is -2.31. The maximum absolute atomic E-state index is 12.1. The van der Waals surface area contributed by atoms with Crippen molar-refractivity contribution in [3.8, 4) is 0 Å². The number of hydrogen-bond donors (Lipinski definition) is 3. The first-order valence-corrected chi connectivity index (χ1v) is 7.91. The molecule has 0 saturated carbocycles. The molecule has 1 aromatic carbocycles. The summed E-state index contributed by atoms with van der Waals surface area (Å²) in [5, 5.41) is 14.6. The van der Waals surface area contributed by atoms with E-state index in [0.29, 0.717) is 12.1 Å². The minimum absolute atomic E-state index is 0.0266. The van der Waals surface area contributed by atoms with Gasteiger partial charge in [-0.1, -0.05) is 5.16 Å². The van der Waals surface area contributed by atoms with Crippen LogP contribution in [0.15, 0.2) is 29.4 Å². The molecule has 0 aliphatic carbocycles. The standard InChI is InChI=1S/C14H19IN4O2/c15-11-3-1-10(2-4-11)14(20)17-12-5-7-19(8-6-12)9-13(16)18-21/h1-4,12,21H,5-9H2,(H2,16,18)(H,17,20). The van der Waals surface area contributed by atoms with Gasteiger partial charge in [-0.2, -0.15) is 0 Å². The van der Waals surface area contributed by atoms with Crippen LogP contribution >= 0.6 is 22.6 Å². The van der Waals surface area contributed by atoms with Crippen LogP contribution in [-0.4, -0.2) is 47.5 Å². The highest BCUT2D eigenvalue weighted by atomic mass is 127. The van der Waals surface area contributed by atoms with Crippen LogP contribution in [0, 0.1) is 3.57 Å². The van der Waals surface area contributed by atoms with E-state index in [2.05, 4.69) is 38.0 Å². The molecule has 1 heterocycles. The summed E-state index contributed by atoms with van der Waals surface area (Å²) in [5.41, 5.74) is 6.18. The van der Waals surface area contributed by atoms with Gasteiger partial charge in [-0.3, -0.25) is 9.69 Å². The number of carbonyl (C=O) groups excluding carboxylic acids is 1. The number of hydrogen-bond acceptors (Lipinski definition) is 4. The molecule has 0 atom stereocenters. The molecule has 1 aromatic rings. The van der Waals surface area contributed by atoms with Crippen molar-refractivity contribution < 1.29 is 10.0 Å². The Morgan fingerprint density at radius 1 is 1.38 bits per heavy atom. The highest BCUT2D eigenvalue weighted by molar-refractivity contribution is 14.1. The van der Waals surface area contributed by atoms with E-state index in [1.165, 1.54) is 0 Å². The fourth-order valence-electron chi connectivity index (χ4n) is 2.37. The Morgan fingerprint density at radius 2 is 2.00 bits per heavy atom. The SMILES string of the molecule is NC(CN1CCC(NC(=O)c2ccc(I)cc2)CC1)=NO. The van der Waals surface area contributed by atoms with Crippen LogP contribution in [-0.2, 0) is 0 Å². The van der Waals surface area contributed by atoms with Gasteiger partial charge in [0.2, 0.25) is 0 Å². The zero-order valence-corrected chi connectivity index (χ0v) is 13.8. The molecule has 0 bridgehead atoms. The third-order valence-electron chi connectivity index (χ3n) is 3.54. The molecule has 21 heavy (non-hydrogen) atoms. The number of carbonyl (C=O) groups is 1. The van der Waals surface area contributed by atoms with Gasteiger partial charge in [0.1, 0.15) is 0 Å². The van der Waals surface area contributed by atoms with Crippen molar-refractivity contribution in [3.05, 3.63) is 33.4 Å². The summed E-state index contributed by atoms with van der Waals surface area (Å²) >= 11 is 2.22. The lowest BCUT2D eigenvalue weighted by atomic mass is 10.0. The van der Waals surface area contributed by atoms with E-state index in [1.54, 1.807) is 0 Å². The molecule has 0 radical (unpaired) electrons. The second-order valence-corrected chi connectivity index (χ2v) is 6.37. The molecule has 1 saturated heterocycles. The van der Waals surface area contributed by atoms with Crippen molar-refractivity contribution >= 4 is 34.3 Å². The van der Waals surface area contributed by atoms with Gasteiger partial charge in [0.15, 0.2) is 5.84 Å². The molecule has 4 N–H and O–H groups in total. The predicted octanol–water partition coefficient (Wildman–Crippen LogP) is 1.23. The number of benzene rings is 1. The predicted molar refractivity (Wildman–Crippen MR) is 89.5 cm³/mol. The molecule has 6 nitrogen and oxygen atoms in total. The van der Waals surface area contributed by atoms with Crippen molar-refractivity contribution in [1.29, 1.82) is 0 Å². The fourth-order valence-corrected chi connectivity index (χ4v) is 2.73. The van der Waals surface area contributed by atoms with Crippen LogP contribution in [0.25, 0.3) is 0 Å². The number of nitrogens with zero attached hydrogens (tertiary/aromatic N) is 2. The Labute approximate surface area is 137 Å². The zero-order chi connectivity index (χ0) is 15.2. The molecule has 114 valence electrons. The monoisotopic (exact) mass is 402 g/mol. The number of halogens is 1. The van der Waals surface area contributed by atoms with E-state index < -0.39 is 0 Å². The van der Waals surface area contributed by atoms with Gasteiger partial charge < -0.3 is 16.3 Å². The van der Waals surface area contributed by atoms with Crippen LogP contribution in [0.4, 0.5) is 0 Å². The van der Waals surface area contributed by atoms with Gasteiger partial charge in [0, 0.05) is 28.3 Å². The van der Waals surface area contributed by atoms with Crippen molar-refractivity contribution in [2.24, 2.45) is 10.9 Å². The van der Waals surface area contributed by atoms with Crippen LogP contribution in [0.2, 0.25) is 0 Å². The van der Waals surface area contributed by atoms with Gasteiger partial charge in [0.05, 0.1) is 6.54 Å². The first-order chi connectivity index (χ1) is 10.1. The van der Waals surface area contributed by atoms with Crippen LogP contribution < -0.4 is 11.1 Å². The summed E-state index contributed by atoms with van der Waals surface area (Å²) in [4.78, 5) is 14.2. The third-order valence-corrected chi connectivity index (χ3v) is 4.26. The molecular formula is C14H19IN4O2. The van der Waals surface area contributed by atoms with Crippen molar-refractivity contribution in [1.82, 2.24) is 10.2 Å². The molecule has 1 aliphatic heterocycles. The minimum atomic E-state index is -0.0266. The average Bonchev–Trinajstić information content (AvgIpc) is 2.49. The van der Waals surface area contributed by atoms with Gasteiger partial charge >= 0.3 is 0 Å². The van der Waals surface area contributed by atoms with E-state index in [-0.39, 0.29) is 17.8 Å². The molecule has 0 unspecified atom stereocenters. The first kappa shape index (κ1) is 16.0. The zero-order valence-electron chi connectivity index (χ0n) is 11.6. The summed E-state index contributed by atoms with van der Waals surface area (Å²) in [6.45, 7) is 2.12. The summed E-state index contributed by atoms with van der Waals surface area (Å²) in [7, 11) is 0. The number of nitrogens with two attached hydrogens (primary N) is 1. The van der Waals surface area contributed by atoms with Crippen molar-refractivity contribution in [2.75, 3.05) is 19.6 Å². The van der Waals surface area contributed by atoms with Gasteiger partial charge in [0.25, 0.3) is 5.91 Å². The fraction of sp³-hybridized carbons (Fsp3) is 0.429. The molecule has 1 aliphatic rings. The normalized spacial score (nSPS) is 17.7. The number of amides is 1. The number of rotatable bonds is 4. The van der Waals surface area contributed by atoms with Gasteiger partial charge in [-0.15, -0.1) is 0 Å². The Balaban J connectivity index is 1.80. The van der Waals surface area contributed by atoms with Crippen molar-refractivity contribution in [2.45, 2.75) is 18.9 Å². The largest absolute Gasteiger partial charge is 0.409 e. The second kappa shape index (κ2) is 7.60. The lowest BCUT2D eigenvalue weighted by Crippen LogP contribution is -2.46. The quantitative estimate of drug-likeness (QED) is 0.232. The summed E-state index contributed by atoms with van der Waals surface area (Å²) in [5.74, 6) is 0.192. The summed E-state index contributed by atoms with van der Waals surface area (Å²) in [6, 6.07) is 7.71. The van der Waals surface area contributed by atoms with Gasteiger partial charge in [-0.05, 0) is 59.7 Å². The Morgan fingerprint density at radius 3 is 2.57 bits per heavy atom. The molecule has 1 amide bonds. The maximum atomic E-state index is 12.1. The van der Waals surface area contributed by atoms with E-state index in [0.717, 1.165) is 29.5 Å². The average molecular weight is 402 g/mol. The topological polar surface area (TPSA) is 91.0 Å². The number of nitrogens with one attached hydrogen (secondary N) is 1.